The van der Waals surface area contributed by atoms with Gasteiger partial charge in [0.25, 0.3) is 0 Å². The lowest BCUT2D eigenvalue weighted by molar-refractivity contribution is 0.344. The van der Waals surface area contributed by atoms with Crippen LogP contribution in [0.25, 0.3) is 11.0 Å². The normalized spacial score (nSPS) is 19.0. The number of benzene rings is 2. The van der Waals surface area contributed by atoms with E-state index in [0.29, 0.717) is 16.7 Å². The van der Waals surface area contributed by atoms with Gasteiger partial charge in [0.1, 0.15) is 5.82 Å². The van der Waals surface area contributed by atoms with Crippen molar-refractivity contribution >= 4 is 38.9 Å². The Balaban J connectivity index is 1.90. The second-order valence-corrected chi connectivity index (χ2v) is 10.5. The van der Waals surface area contributed by atoms with Crippen LogP contribution in [0.4, 0.5) is 10.3 Å². The lowest BCUT2D eigenvalue weighted by atomic mass is 9.89. The van der Waals surface area contributed by atoms with Gasteiger partial charge in [0, 0.05) is 17.0 Å². The van der Waals surface area contributed by atoms with Crippen LogP contribution in [-0.2, 0) is 15.7 Å². The summed E-state index contributed by atoms with van der Waals surface area (Å²) in [6.45, 7) is 7.19. The van der Waals surface area contributed by atoms with E-state index in [0.717, 1.165) is 15.1 Å². The maximum atomic E-state index is 13.3. The van der Waals surface area contributed by atoms with Gasteiger partial charge < -0.3 is 5.73 Å². The smallest absolute Gasteiger partial charge is 0.244 e. The topological polar surface area (TPSA) is 103 Å². The summed E-state index contributed by atoms with van der Waals surface area (Å²) in [5.74, 6) is -0.434. The standard InChI is InChI=1S/C22H24FN5O2S/c1-13(2)22(25-12-19(27-22)15-5-8-17(23)9-6-15)16-7-10-18-20(11-16)28(21(24)26-18)31(29,30)14(3)4/h5-14H,1-4H3,(H2,24,26). The zero-order chi connectivity index (χ0) is 22.6. The molecule has 4 rings (SSSR count). The van der Waals surface area contributed by atoms with Crippen molar-refractivity contribution < 1.29 is 12.8 Å². The molecule has 0 bridgehead atoms. The lowest BCUT2D eigenvalue weighted by Crippen LogP contribution is -2.27. The van der Waals surface area contributed by atoms with Crippen LogP contribution >= 0.6 is 0 Å². The highest BCUT2D eigenvalue weighted by molar-refractivity contribution is 7.90. The quantitative estimate of drug-likeness (QED) is 0.652. The van der Waals surface area contributed by atoms with Crippen LogP contribution in [-0.4, -0.2) is 34.6 Å². The second kappa shape index (κ2) is 7.26. The van der Waals surface area contributed by atoms with Gasteiger partial charge in [0.2, 0.25) is 16.0 Å². The molecule has 0 aliphatic carbocycles. The third-order valence-corrected chi connectivity index (χ3v) is 7.62. The first-order chi connectivity index (χ1) is 14.6. The number of hydrogen-bond acceptors (Lipinski definition) is 6. The summed E-state index contributed by atoms with van der Waals surface area (Å²) in [4.78, 5) is 13.8. The van der Waals surface area contributed by atoms with Gasteiger partial charge in [-0.1, -0.05) is 19.9 Å². The zero-order valence-electron chi connectivity index (χ0n) is 17.7. The Kier molecular flexibility index (Phi) is 4.96. The van der Waals surface area contributed by atoms with Crippen LogP contribution in [0.15, 0.2) is 52.4 Å². The van der Waals surface area contributed by atoms with E-state index in [-0.39, 0.29) is 17.7 Å². The van der Waals surface area contributed by atoms with E-state index in [2.05, 4.69) is 4.98 Å². The maximum absolute atomic E-state index is 13.3. The lowest BCUT2D eigenvalue weighted by Gasteiger charge is -2.28. The Morgan fingerprint density at radius 1 is 1.06 bits per heavy atom. The van der Waals surface area contributed by atoms with Gasteiger partial charge >= 0.3 is 0 Å². The molecule has 0 fully saturated rings. The largest absolute Gasteiger partial charge is 0.368 e. The molecular formula is C22H24FN5O2S. The van der Waals surface area contributed by atoms with Gasteiger partial charge in [0.05, 0.1) is 28.2 Å². The average Bonchev–Trinajstić information content (AvgIpc) is 3.29. The van der Waals surface area contributed by atoms with Crippen LogP contribution in [0.5, 0.6) is 0 Å². The summed E-state index contributed by atoms with van der Waals surface area (Å²) in [6, 6.07) is 11.4. The fourth-order valence-corrected chi connectivity index (χ4v) is 4.83. The van der Waals surface area contributed by atoms with Gasteiger partial charge in [-0.15, -0.1) is 0 Å². The molecule has 31 heavy (non-hydrogen) atoms. The summed E-state index contributed by atoms with van der Waals surface area (Å²) < 4.78 is 40.2. The molecule has 2 N–H and O–H groups in total. The number of fused-ring (bicyclic) bond motifs is 1. The fraction of sp³-hybridized carbons (Fsp3) is 0.318. The summed E-state index contributed by atoms with van der Waals surface area (Å²) >= 11 is 0. The monoisotopic (exact) mass is 441 g/mol. The Labute approximate surface area is 180 Å². The molecule has 1 aromatic heterocycles. The summed E-state index contributed by atoms with van der Waals surface area (Å²) in [7, 11) is -3.71. The molecule has 3 aromatic rings. The van der Waals surface area contributed by atoms with E-state index in [1.807, 2.05) is 19.9 Å². The number of halogens is 1. The number of hydrogen-bond donors (Lipinski definition) is 1. The van der Waals surface area contributed by atoms with E-state index in [9.17, 15) is 12.8 Å². The molecule has 1 aliphatic rings. The molecular weight excluding hydrogens is 417 g/mol. The Hall–Kier alpha value is -3.07. The van der Waals surface area contributed by atoms with Crippen molar-refractivity contribution in [1.29, 1.82) is 0 Å². The van der Waals surface area contributed by atoms with Gasteiger partial charge in [-0.25, -0.2) is 26.8 Å². The van der Waals surface area contributed by atoms with E-state index in [4.69, 9.17) is 15.7 Å². The molecule has 162 valence electrons. The first-order valence-electron chi connectivity index (χ1n) is 10.00. The summed E-state index contributed by atoms with van der Waals surface area (Å²) in [5, 5.41) is -0.664. The number of nitrogens with zero attached hydrogens (tertiary/aromatic N) is 4. The Morgan fingerprint density at radius 2 is 1.74 bits per heavy atom. The molecule has 7 nitrogen and oxygen atoms in total. The molecule has 0 radical (unpaired) electrons. The SMILES string of the molecule is CC(C)C1(c2ccc3nc(N)n(S(=O)(=O)C(C)C)c3c2)N=CC(c2ccc(F)cc2)=N1. The van der Waals surface area contributed by atoms with Crippen LogP contribution in [0.1, 0.15) is 38.8 Å². The van der Waals surface area contributed by atoms with Crippen molar-refractivity contribution in [2.24, 2.45) is 15.9 Å². The van der Waals surface area contributed by atoms with E-state index in [1.165, 1.54) is 12.1 Å². The predicted molar refractivity (Wildman–Crippen MR) is 122 cm³/mol. The van der Waals surface area contributed by atoms with E-state index in [1.54, 1.807) is 44.3 Å². The second-order valence-electron chi connectivity index (χ2n) is 8.17. The number of nitrogens with two attached hydrogens (primary N) is 1. The van der Waals surface area contributed by atoms with Crippen LogP contribution in [0.3, 0.4) is 0 Å². The first-order valence-corrected chi connectivity index (χ1v) is 11.5. The number of aromatic nitrogens is 2. The van der Waals surface area contributed by atoms with Gasteiger partial charge in [0.15, 0.2) is 5.66 Å². The number of anilines is 1. The number of aliphatic imine (C=N–C) groups is 2. The highest BCUT2D eigenvalue weighted by Gasteiger charge is 2.39. The highest BCUT2D eigenvalue weighted by Crippen LogP contribution is 2.40. The van der Waals surface area contributed by atoms with Crippen molar-refractivity contribution in [3.05, 3.63) is 59.4 Å². The molecule has 9 heteroatoms. The molecule has 2 heterocycles. The molecule has 0 spiro atoms. The fourth-order valence-electron chi connectivity index (χ4n) is 3.69. The minimum absolute atomic E-state index is 0.0328. The zero-order valence-corrected chi connectivity index (χ0v) is 18.6. The summed E-state index contributed by atoms with van der Waals surface area (Å²) in [6.07, 6.45) is 1.67. The van der Waals surface area contributed by atoms with Gasteiger partial charge in [-0.3, -0.25) is 4.99 Å². The average molecular weight is 442 g/mol. The van der Waals surface area contributed by atoms with Gasteiger partial charge in [-0.05, 0) is 50.2 Å². The van der Waals surface area contributed by atoms with Crippen LogP contribution < -0.4 is 5.73 Å². The molecule has 0 saturated heterocycles. The first kappa shape index (κ1) is 21.2. The van der Waals surface area contributed by atoms with Crippen LogP contribution in [0.2, 0.25) is 0 Å². The van der Waals surface area contributed by atoms with Crippen molar-refractivity contribution in [3.8, 4) is 0 Å². The number of nitrogen functional groups attached to an aromatic ring is 1. The Morgan fingerprint density at radius 3 is 2.35 bits per heavy atom. The van der Waals surface area contributed by atoms with Gasteiger partial charge in [-0.2, -0.15) is 0 Å². The maximum Gasteiger partial charge on any atom is 0.244 e. The van der Waals surface area contributed by atoms with Crippen molar-refractivity contribution in [3.63, 3.8) is 0 Å². The van der Waals surface area contributed by atoms with Crippen molar-refractivity contribution in [1.82, 2.24) is 8.96 Å². The predicted octanol–water partition coefficient (Wildman–Crippen LogP) is 3.73. The molecule has 0 amide bonds. The molecule has 1 aliphatic heterocycles. The van der Waals surface area contributed by atoms with Crippen LogP contribution in [0, 0.1) is 11.7 Å². The third-order valence-electron chi connectivity index (χ3n) is 5.53. The summed E-state index contributed by atoms with van der Waals surface area (Å²) in [5.41, 5.74) is 8.02. The number of rotatable bonds is 5. The third kappa shape index (κ3) is 3.33. The molecule has 0 saturated carbocycles. The van der Waals surface area contributed by atoms with Crippen molar-refractivity contribution in [2.45, 2.75) is 38.6 Å². The Bertz CT molecular complexity index is 1320. The number of imidazole rings is 1. The van der Waals surface area contributed by atoms with Crippen molar-refractivity contribution in [2.75, 3.05) is 5.73 Å². The van der Waals surface area contributed by atoms with E-state index >= 15 is 0 Å². The van der Waals surface area contributed by atoms with E-state index < -0.39 is 20.9 Å². The molecule has 1 atom stereocenters. The minimum Gasteiger partial charge on any atom is -0.368 e. The molecule has 1 unspecified atom stereocenters. The minimum atomic E-state index is -3.71. The highest BCUT2D eigenvalue weighted by atomic mass is 32.2. The molecule has 2 aromatic carbocycles.